The minimum absolute atomic E-state index is 0.183. The molecule has 0 fully saturated rings. The maximum absolute atomic E-state index is 11.0. The van der Waals surface area contributed by atoms with Crippen molar-refractivity contribution in [2.24, 2.45) is 0 Å². The molecule has 126 valence electrons. The SMILES string of the molecule is O=C(O)c1cccc(Nc2ccnc(Nc3cccc(Cl)c3Cl)n2)c1. The minimum Gasteiger partial charge on any atom is -0.478 e. The summed E-state index contributed by atoms with van der Waals surface area (Å²) in [5.41, 5.74) is 1.37. The molecule has 25 heavy (non-hydrogen) atoms. The number of rotatable bonds is 5. The van der Waals surface area contributed by atoms with Crippen molar-refractivity contribution in [3.8, 4) is 0 Å². The highest BCUT2D eigenvalue weighted by Gasteiger charge is 2.07. The molecule has 6 nitrogen and oxygen atoms in total. The van der Waals surface area contributed by atoms with Gasteiger partial charge in [-0.25, -0.2) is 9.78 Å². The van der Waals surface area contributed by atoms with Crippen molar-refractivity contribution >= 4 is 52.3 Å². The van der Waals surface area contributed by atoms with Crippen molar-refractivity contribution in [2.75, 3.05) is 10.6 Å². The minimum atomic E-state index is -0.996. The Morgan fingerprint density at radius 3 is 2.64 bits per heavy atom. The highest BCUT2D eigenvalue weighted by Crippen LogP contribution is 2.31. The van der Waals surface area contributed by atoms with Crippen LogP contribution in [0.1, 0.15) is 10.4 Å². The number of nitrogens with zero attached hydrogens (tertiary/aromatic N) is 2. The van der Waals surface area contributed by atoms with Crippen LogP contribution in [0.25, 0.3) is 0 Å². The maximum atomic E-state index is 11.0. The van der Waals surface area contributed by atoms with Crippen molar-refractivity contribution in [2.45, 2.75) is 0 Å². The van der Waals surface area contributed by atoms with Crippen LogP contribution in [0.15, 0.2) is 54.7 Å². The zero-order valence-corrected chi connectivity index (χ0v) is 14.2. The molecule has 3 N–H and O–H groups in total. The zero-order valence-electron chi connectivity index (χ0n) is 12.7. The second-order valence-electron chi connectivity index (χ2n) is 5.00. The predicted octanol–water partition coefficient (Wildman–Crippen LogP) is 4.97. The molecular weight excluding hydrogens is 363 g/mol. The van der Waals surface area contributed by atoms with Gasteiger partial charge in [0.1, 0.15) is 5.82 Å². The molecule has 0 saturated carbocycles. The molecule has 8 heteroatoms. The lowest BCUT2D eigenvalue weighted by atomic mass is 10.2. The van der Waals surface area contributed by atoms with Gasteiger partial charge >= 0.3 is 5.97 Å². The van der Waals surface area contributed by atoms with Crippen LogP contribution in [0.3, 0.4) is 0 Å². The van der Waals surface area contributed by atoms with E-state index in [9.17, 15) is 4.79 Å². The number of nitrogens with one attached hydrogen (secondary N) is 2. The summed E-state index contributed by atoms with van der Waals surface area (Å²) in [5.74, 6) is -0.175. The molecule has 0 aliphatic rings. The first-order chi connectivity index (χ1) is 12.0. The van der Waals surface area contributed by atoms with Gasteiger partial charge in [-0.2, -0.15) is 4.98 Å². The van der Waals surface area contributed by atoms with E-state index in [2.05, 4.69) is 20.6 Å². The third-order valence-corrected chi connectivity index (χ3v) is 4.05. The second kappa shape index (κ2) is 7.38. The summed E-state index contributed by atoms with van der Waals surface area (Å²) in [4.78, 5) is 19.5. The van der Waals surface area contributed by atoms with Gasteiger partial charge in [-0.05, 0) is 36.4 Å². The van der Waals surface area contributed by atoms with E-state index >= 15 is 0 Å². The number of hydrogen-bond acceptors (Lipinski definition) is 5. The lowest BCUT2D eigenvalue weighted by molar-refractivity contribution is 0.0697. The molecule has 0 amide bonds. The second-order valence-corrected chi connectivity index (χ2v) is 5.79. The highest BCUT2D eigenvalue weighted by molar-refractivity contribution is 6.43. The smallest absolute Gasteiger partial charge is 0.335 e. The summed E-state index contributed by atoms with van der Waals surface area (Å²) in [6, 6.07) is 13.3. The van der Waals surface area contributed by atoms with Gasteiger partial charge in [0.25, 0.3) is 0 Å². The van der Waals surface area contributed by atoms with Crippen LogP contribution in [-0.2, 0) is 0 Å². The molecule has 1 heterocycles. The van der Waals surface area contributed by atoms with Crippen LogP contribution < -0.4 is 10.6 Å². The number of hydrogen-bond donors (Lipinski definition) is 3. The molecule has 0 aliphatic carbocycles. The van der Waals surface area contributed by atoms with Crippen LogP contribution in [-0.4, -0.2) is 21.0 Å². The average Bonchev–Trinajstić information content (AvgIpc) is 2.59. The van der Waals surface area contributed by atoms with Crippen molar-refractivity contribution in [1.29, 1.82) is 0 Å². The van der Waals surface area contributed by atoms with Crippen LogP contribution >= 0.6 is 23.2 Å². The van der Waals surface area contributed by atoms with Gasteiger partial charge in [0.15, 0.2) is 0 Å². The van der Waals surface area contributed by atoms with Crippen molar-refractivity contribution in [3.05, 3.63) is 70.3 Å². The molecule has 0 aliphatic heterocycles. The Hall–Kier alpha value is -2.83. The van der Waals surface area contributed by atoms with Crippen LogP contribution in [0, 0.1) is 0 Å². The van der Waals surface area contributed by atoms with Crippen LogP contribution in [0.5, 0.6) is 0 Å². The quantitative estimate of drug-likeness (QED) is 0.584. The van der Waals surface area contributed by atoms with E-state index in [-0.39, 0.29) is 5.56 Å². The highest BCUT2D eigenvalue weighted by atomic mass is 35.5. The summed E-state index contributed by atoms with van der Waals surface area (Å²) in [6.07, 6.45) is 1.57. The number of carboxylic acid groups (broad SMARTS) is 1. The molecule has 0 saturated heterocycles. The Morgan fingerprint density at radius 2 is 1.84 bits per heavy atom. The topological polar surface area (TPSA) is 87.1 Å². The number of aromatic carboxylic acids is 1. The molecule has 2 aromatic carbocycles. The summed E-state index contributed by atoms with van der Waals surface area (Å²) >= 11 is 12.1. The van der Waals surface area contributed by atoms with E-state index in [1.807, 2.05) is 0 Å². The Kier molecular flexibility index (Phi) is 5.02. The van der Waals surface area contributed by atoms with E-state index in [0.29, 0.717) is 33.2 Å². The number of aromatic nitrogens is 2. The van der Waals surface area contributed by atoms with E-state index in [4.69, 9.17) is 28.3 Å². The van der Waals surface area contributed by atoms with Crippen molar-refractivity contribution in [3.63, 3.8) is 0 Å². The Morgan fingerprint density at radius 1 is 1.04 bits per heavy atom. The van der Waals surface area contributed by atoms with Crippen LogP contribution in [0.2, 0.25) is 10.0 Å². The van der Waals surface area contributed by atoms with Gasteiger partial charge in [0, 0.05) is 11.9 Å². The van der Waals surface area contributed by atoms with Crippen LogP contribution in [0.4, 0.5) is 23.1 Å². The zero-order chi connectivity index (χ0) is 17.8. The fourth-order valence-corrected chi connectivity index (χ4v) is 2.43. The summed E-state index contributed by atoms with van der Waals surface area (Å²) in [5, 5.41) is 15.9. The Bertz CT molecular complexity index is 934. The summed E-state index contributed by atoms with van der Waals surface area (Å²) in [7, 11) is 0. The third-order valence-electron chi connectivity index (χ3n) is 3.24. The standard InChI is InChI=1S/C17H12Cl2N4O2/c18-12-5-2-6-13(15(12)19)22-17-20-8-7-14(23-17)21-11-4-1-3-10(9-11)16(24)25/h1-9H,(H,24,25)(H2,20,21,22,23). The first kappa shape index (κ1) is 17.0. The van der Waals surface area contributed by atoms with Gasteiger partial charge in [-0.15, -0.1) is 0 Å². The van der Waals surface area contributed by atoms with Gasteiger partial charge in [-0.3, -0.25) is 0 Å². The molecule has 0 unspecified atom stereocenters. The molecule has 0 spiro atoms. The fourth-order valence-electron chi connectivity index (χ4n) is 2.09. The van der Waals surface area contributed by atoms with E-state index in [0.717, 1.165) is 0 Å². The van der Waals surface area contributed by atoms with Crippen molar-refractivity contribution < 1.29 is 9.90 Å². The molecule has 3 aromatic rings. The molecular formula is C17H12Cl2N4O2. The monoisotopic (exact) mass is 374 g/mol. The normalized spacial score (nSPS) is 10.3. The number of halogens is 2. The molecule has 0 atom stereocenters. The Labute approximate surface area is 153 Å². The van der Waals surface area contributed by atoms with E-state index in [1.165, 1.54) is 12.1 Å². The van der Waals surface area contributed by atoms with E-state index < -0.39 is 5.97 Å². The Balaban J connectivity index is 1.81. The largest absolute Gasteiger partial charge is 0.478 e. The average molecular weight is 375 g/mol. The maximum Gasteiger partial charge on any atom is 0.335 e. The molecule has 0 bridgehead atoms. The van der Waals surface area contributed by atoms with Gasteiger partial charge < -0.3 is 15.7 Å². The number of anilines is 4. The first-order valence-corrected chi connectivity index (χ1v) is 7.93. The lowest BCUT2D eigenvalue weighted by Crippen LogP contribution is -2.02. The first-order valence-electron chi connectivity index (χ1n) is 7.17. The van der Waals surface area contributed by atoms with Gasteiger partial charge in [-0.1, -0.05) is 35.3 Å². The number of carboxylic acids is 1. The number of benzene rings is 2. The number of carbonyl (C=O) groups is 1. The lowest BCUT2D eigenvalue weighted by Gasteiger charge is -2.10. The summed E-state index contributed by atoms with van der Waals surface area (Å²) in [6.45, 7) is 0. The molecule has 0 radical (unpaired) electrons. The molecule has 3 rings (SSSR count). The third kappa shape index (κ3) is 4.17. The van der Waals surface area contributed by atoms with Gasteiger partial charge in [0.05, 0.1) is 21.3 Å². The fraction of sp³-hybridized carbons (Fsp3) is 0. The predicted molar refractivity (Wildman–Crippen MR) is 98.5 cm³/mol. The van der Waals surface area contributed by atoms with E-state index in [1.54, 1.807) is 42.6 Å². The van der Waals surface area contributed by atoms with Gasteiger partial charge in [0.2, 0.25) is 5.95 Å². The van der Waals surface area contributed by atoms with Crippen molar-refractivity contribution in [1.82, 2.24) is 9.97 Å². The molecule has 1 aromatic heterocycles. The summed E-state index contributed by atoms with van der Waals surface area (Å²) < 4.78 is 0.